The molecule has 0 aliphatic carbocycles. The van der Waals surface area contributed by atoms with E-state index >= 15 is 0 Å². The van der Waals surface area contributed by atoms with Gasteiger partial charge in [-0.05, 0) is 13.8 Å². The normalized spacial score (nSPS) is 11.5. The SMILES string of the molecule is C=CCSCCNS(=O)(=O)c1c(C)nn(CC(=O)O)c1C. The summed E-state index contributed by atoms with van der Waals surface area (Å²) in [5, 5.41) is 12.8. The van der Waals surface area contributed by atoms with Gasteiger partial charge < -0.3 is 5.11 Å². The Bertz CT molecular complexity index is 623. The molecule has 0 fully saturated rings. The van der Waals surface area contributed by atoms with E-state index in [2.05, 4.69) is 16.4 Å². The lowest BCUT2D eigenvalue weighted by molar-refractivity contribution is -0.137. The maximum absolute atomic E-state index is 12.3. The summed E-state index contributed by atoms with van der Waals surface area (Å²) in [5.74, 6) is 0.321. The number of sulfonamides is 1. The van der Waals surface area contributed by atoms with Gasteiger partial charge >= 0.3 is 5.97 Å². The first-order chi connectivity index (χ1) is 9.79. The molecule has 0 spiro atoms. The van der Waals surface area contributed by atoms with E-state index in [-0.39, 0.29) is 11.4 Å². The van der Waals surface area contributed by atoms with E-state index in [1.165, 1.54) is 4.68 Å². The highest BCUT2D eigenvalue weighted by Gasteiger charge is 2.24. The zero-order valence-electron chi connectivity index (χ0n) is 12.0. The van der Waals surface area contributed by atoms with Crippen molar-refractivity contribution in [3.05, 3.63) is 24.0 Å². The van der Waals surface area contributed by atoms with Gasteiger partial charge in [0.1, 0.15) is 11.4 Å². The minimum atomic E-state index is -3.69. The van der Waals surface area contributed by atoms with Crippen molar-refractivity contribution in [1.82, 2.24) is 14.5 Å². The fourth-order valence-electron chi connectivity index (χ4n) is 1.84. The molecule has 0 saturated heterocycles. The van der Waals surface area contributed by atoms with Gasteiger partial charge in [0.25, 0.3) is 0 Å². The highest BCUT2D eigenvalue weighted by Crippen LogP contribution is 2.19. The zero-order valence-corrected chi connectivity index (χ0v) is 13.6. The number of hydrogen-bond acceptors (Lipinski definition) is 5. The Balaban J connectivity index is 2.85. The third-order valence-electron chi connectivity index (χ3n) is 2.64. The molecule has 0 saturated carbocycles. The van der Waals surface area contributed by atoms with Crippen LogP contribution in [0.25, 0.3) is 0 Å². The molecular weight excluding hydrogens is 314 g/mol. The third kappa shape index (κ3) is 4.87. The van der Waals surface area contributed by atoms with Crippen LogP contribution in [0, 0.1) is 13.8 Å². The first kappa shape index (κ1) is 17.7. The number of aliphatic carboxylic acids is 1. The van der Waals surface area contributed by atoms with Gasteiger partial charge in [-0.1, -0.05) is 6.08 Å². The summed E-state index contributed by atoms with van der Waals surface area (Å²) in [5.41, 5.74) is 0.612. The molecule has 0 atom stereocenters. The van der Waals surface area contributed by atoms with Crippen LogP contribution in [0.1, 0.15) is 11.4 Å². The summed E-state index contributed by atoms with van der Waals surface area (Å²) in [4.78, 5) is 10.8. The molecule has 2 N–H and O–H groups in total. The molecule has 0 aromatic carbocycles. The molecule has 1 rings (SSSR count). The monoisotopic (exact) mass is 333 g/mol. The lowest BCUT2D eigenvalue weighted by atomic mass is 10.4. The molecule has 0 aliphatic rings. The second kappa shape index (κ2) is 7.62. The van der Waals surface area contributed by atoms with Crippen molar-refractivity contribution in [2.75, 3.05) is 18.1 Å². The summed E-state index contributed by atoms with van der Waals surface area (Å²) < 4.78 is 28.2. The van der Waals surface area contributed by atoms with Crippen molar-refractivity contribution in [2.24, 2.45) is 0 Å². The largest absolute Gasteiger partial charge is 0.480 e. The average molecular weight is 333 g/mol. The van der Waals surface area contributed by atoms with Gasteiger partial charge in [0.15, 0.2) is 0 Å². The second-order valence-corrected chi connectivity index (χ2v) is 7.17. The van der Waals surface area contributed by atoms with E-state index in [1.54, 1.807) is 31.7 Å². The van der Waals surface area contributed by atoms with Gasteiger partial charge in [0.05, 0.1) is 11.4 Å². The number of carbonyl (C=O) groups is 1. The first-order valence-corrected chi connectivity index (χ1v) is 8.87. The average Bonchev–Trinajstić information content (AvgIpc) is 2.63. The molecular formula is C12H19N3O4S2. The quantitative estimate of drug-likeness (QED) is 0.511. The molecule has 9 heteroatoms. The molecule has 1 aromatic rings. The van der Waals surface area contributed by atoms with E-state index in [4.69, 9.17) is 5.11 Å². The number of aromatic nitrogens is 2. The van der Waals surface area contributed by atoms with Gasteiger partial charge in [0.2, 0.25) is 10.0 Å². The molecule has 0 amide bonds. The highest BCUT2D eigenvalue weighted by molar-refractivity contribution is 7.99. The molecule has 0 bridgehead atoms. The fourth-order valence-corrected chi connectivity index (χ4v) is 3.99. The van der Waals surface area contributed by atoms with Gasteiger partial charge in [0, 0.05) is 18.1 Å². The molecule has 0 radical (unpaired) electrons. The van der Waals surface area contributed by atoms with Crippen LogP contribution >= 0.6 is 11.8 Å². The second-order valence-electron chi connectivity index (χ2n) is 4.31. The van der Waals surface area contributed by atoms with Crippen molar-refractivity contribution in [3.63, 3.8) is 0 Å². The number of nitrogens with one attached hydrogen (secondary N) is 1. The Labute approximate surface area is 128 Å². The summed E-state index contributed by atoms with van der Waals surface area (Å²) in [6.07, 6.45) is 1.75. The summed E-state index contributed by atoms with van der Waals surface area (Å²) in [6, 6.07) is 0. The van der Waals surface area contributed by atoms with E-state index < -0.39 is 16.0 Å². The van der Waals surface area contributed by atoms with Crippen LogP contribution in [0.5, 0.6) is 0 Å². The zero-order chi connectivity index (χ0) is 16.0. The number of carboxylic acids is 1. The Morgan fingerprint density at radius 3 is 2.76 bits per heavy atom. The summed E-state index contributed by atoms with van der Waals surface area (Å²) in [7, 11) is -3.69. The fraction of sp³-hybridized carbons (Fsp3) is 0.500. The predicted octanol–water partition coefficient (Wildman–Crippen LogP) is 0.782. The summed E-state index contributed by atoms with van der Waals surface area (Å²) in [6.45, 7) is 6.61. The lowest BCUT2D eigenvalue weighted by Crippen LogP contribution is -2.27. The number of thioether (sulfide) groups is 1. The number of nitrogens with zero attached hydrogens (tertiary/aromatic N) is 2. The van der Waals surface area contributed by atoms with Gasteiger partial charge in [-0.15, -0.1) is 6.58 Å². The van der Waals surface area contributed by atoms with Crippen molar-refractivity contribution < 1.29 is 18.3 Å². The molecule has 1 heterocycles. The molecule has 0 aliphatic heterocycles. The maximum atomic E-state index is 12.3. The Kier molecular flexibility index (Phi) is 6.43. The standard InChI is InChI=1S/C12H19N3O4S2/c1-4-6-20-7-5-13-21(18,19)12-9(2)14-15(10(12)3)8-11(16)17/h4,13H,1,5-8H2,2-3H3,(H,16,17). The molecule has 21 heavy (non-hydrogen) atoms. The highest BCUT2D eigenvalue weighted by atomic mass is 32.2. The van der Waals surface area contributed by atoms with E-state index in [0.29, 0.717) is 23.7 Å². The molecule has 7 nitrogen and oxygen atoms in total. The van der Waals surface area contributed by atoms with Gasteiger partial charge in [-0.2, -0.15) is 16.9 Å². The predicted molar refractivity (Wildman–Crippen MR) is 82.0 cm³/mol. The number of hydrogen-bond donors (Lipinski definition) is 2. The van der Waals surface area contributed by atoms with Crippen LogP contribution in [-0.4, -0.2) is 47.3 Å². The first-order valence-electron chi connectivity index (χ1n) is 6.23. The number of carboxylic acid groups (broad SMARTS) is 1. The third-order valence-corrected chi connectivity index (χ3v) is 5.32. The van der Waals surface area contributed by atoms with Crippen LogP contribution in [0.15, 0.2) is 17.6 Å². The van der Waals surface area contributed by atoms with Crippen LogP contribution in [0.4, 0.5) is 0 Å². The van der Waals surface area contributed by atoms with Crippen LogP contribution in [-0.2, 0) is 21.4 Å². The van der Waals surface area contributed by atoms with Crippen molar-refractivity contribution >= 4 is 27.8 Å². The Hall–Kier alpha value is -1.32. The maximum Gasteiger partial charge on any atom is 0.325 e. The lowest BCUT2D eigenvalue weighted by Gasteiger charge is -2.07. The Morgan fingerprint density at radius 2 is 2.19 bits per heavy atom. The van der Waals surface area contributed by atoms with E-state index in [9.17, 15) is 13.2 Å². The van der Waals surface area contributed by atoms with Crippen LogP contribution < -0.4 is 4.72 Å². The number of rotatable bonds is 9. The molecule has 118 valence electrons. The van der Waals surface area contributed by atoms with Crippen molar-refractivity contribution in [2.45, 2.75) is 25.3 Å². The van der Waals surface area contributed by atoms with E-state index in [1.807, 2.05) is 0 Å². The minimum absolute atomic E-state index is 0.0532. The van der Waals surface area contributed by atoms with Gasteiger partial charge in [-0.25, -0.2) is 13.1 Å². The smallest absolute Gasteiger partial charge is 0.325 e. The topological polar surface area (TPSA) is 101 Å². The van der Waals surface area contributed by atoms with E-state index in [0.717, 1.165) is 5.75 Å². The Morgan fingerprint density at radius 1 is 1.52 bits per heavy atom. The van der Waals surface area contributed by atoms with Crippen molar-refractivity contribution in [1.29, 1.82) is 0 Å². The molecule has 0 unspecified atom stereocenters. The minimum Gasteiger partial charge on any atom is -0.480 e. The van der Waals surface area contributed by atoms with Crippen molar-refractivity contribution in [3.8, 4) is 0 Å². The van der Waals surface area contributed by atoms with Crippen LogP contribution in [0.2, 0.25) is 0 Å². The van der Waals surface area contributed by atoms with Gasteiger partial charge in [-0.3, -0.25) is 9.48 Å². The number of aryl methyl sites for hydroxylation is 1. The van der Waals surface area contributed by atoms with Crippen LogP contribution in [0.3, 0.4) is 0 Å². The molecule has 1 aromatic heterocycles. The summed E-state index contributed by atoms with van der Waals surface area (Å²) >= 11 is 1.57.